The largest absolute Gasteiger partial charge is 0.337 e. The van der Waals surface area contributed by atoms with Crippen molar-refractivity contribution in [3.8, 4) is 0 Å². The lowest BCUT2D eigenvalue weighted by Crippen LogP contribution is -2.33. The molecular formula is C13H24N2S. The first-order valence-corrected chi connectivity index (χ1v) is 6.48. The van der Waals surface area contributed by atoms with Gasteiger partial charge in [-0.25, -0.2) is 0 Å². The number of hydrogen-bond acceptors (Lipinski definition) is 1. The Labute approximate surface area is 104 Å². The maximum absolute atomic E-state index is 5.43. The van der Waals surface area contributed by atoms with Crippen LogP contribution in [0.25, 0.3) is 0 Å². The molecule has 0 spiro atoms. The van der Waals surface area contributed by atoms with Crippen molar-refractivity contribution in [2.75, 3.05) is 0 Å². The quantitative estimate of drug-likeness (QED) is 0.778. The molecule has 16 heavy (non-hydrogen) atoms. The first-order chi connectivity index (χ1) is 7.26. The monoisotopic (exact) mass is 240 g/mol. The van der Waals surface area contributed by atoms with Crippen LogP contribution >= 0.6 is 12.2 Å². The molecule has 1 rings (SSSR count). The van der Waals surface area contributed by atoms with Crippen molar-refractivity contribution in [1.82, 2.24) is 9.55 Å². The molecule has 0 amide bonds. The Morgan fingerprint density at radius 1 is 1.19 bits per heavy atom. The average Bonchev–Trinajstić information content (AvgIpc) is 2.59. The summed E-state index contributed by atoms with van der Waals surface area (Å²) in [5.74, 6) is 0. The fourth-order valence-corrected chi connectivity index (χ4v) is 2.40. The van der Waals surface area contributed by atoms with Crippen molar-refractivity contribution >= 4 is 12.2 Å². The summed E-state index contributed by atoms with van der Waals surface area (Å²) in [7, 11) is 0. The highest BCUT2D eigenvalue weighted by molar-refractivity contribution is 7.71. The minimum atomic E-state index is 0.124. The van der Waals surface area contributed by atoms with E-state index in [1.54, 1.807) is 0 Å². The highest BCUT2D eigenvalue weighted by Gasteiger charge is 2.29. The summed E-state index contributed by atoms with van der Waals surface area (Å²) in [5, 5.41) is 0. The smallest absolute Gasteiger partial charge is 0.177 e. The predicted octanol–water partition coefficient (Wildman–Crippen LogP) is 4.38. The van der Waals surface area contributed by atoms with Gasteiger partial charge in [0.2, 0.25) is 0 Å². The molecule has 3 heteroatoms. The van der Waals surface area contributed by atoms with Gasteiger partial charge >= 0.3 is 0 Å². The Morgan fingerprint density at radius 3 is 2.06 bits per heavy atom. The maximum Gasteiger partial charge on any atom is 0.177 e. The fraction of sp³-hybridized carbons (Fsp3) is 0.769. The van der Waals surface area contributed by atoms with E-state index < -0.39 is 0 Å². The molecule has 0 aliphatic rings. The molecule has 1 aromatic heterocycles. The Morgan fingerprint density at radius 2 is 1.69 bits per heavy atom. The van der Waals surface area contributed by atoms with Gasteiger partial charge in [0.15, 0.2) is 4.77 Å². The Balaban J connectivity index is 3.44. The third kappa shape index (κ3) is 2.24. The Kier molecular flexibility index (Phi) is 3.68. The van der Waals surface area contributed by atoms with Gasteiger partial charge in [-0.15, -0.1) is 0 Å². The molecule has 0 aliphatic heterocycles. The van der Waals surface area contributed by atoms with E-state index in [0.717, 1.165) is 17.6 Å². The second-order valence-electron chi connectivity index (χ2n) is 5.77. The van der Waals surface area contributed by atoms with Crippen LogP contribution in [0.2, 0.25) is 0 Å². The van der Waals surface area contributed by atoms with Crippen LogP contribution in [0.5, 0.6) is 0 Å². The standard InChI is InChI=1S/C13H24N2S/c1-7-13(6,8-2)15-10(12(3,4)5)9-14-11(15)16/h9H,7-8H2,1-6H3,(H,14,16). The van der Waals surface area contributed by atoms with E-state index in [1.165, 1.54) is 5.69 Å². The van der Waals surface area contributed by atoms with Gasteiger partial charge in [0.25, 0.3) is 0 Å². The van der Waals surface area contributed by atoms with E-state index in [-0.39, 0.29) is 11.0 Å². The molecule has 0 bridgehead atoms. The van der Waals surface area contributed by atoms with Crippen molar-refractivity contribution in [2.45, 2.75) is 65.3 Å². The van der Waals surface area contributed by atoms with E-state index in [0.29, 0.717) is 0 Å². The lowest BCUT2D eigenvalue weighted by atomic mass is 9.88. The summed E-state index contributed by atoms with van der Waals surface area (Å²) in [5.41, 5.74) is 1.54. The number of imidazole rings is 1. The van der Waals surface area contributed by atoms with E-state index in [2.05, 4.69) is 57.3 Å². The highest BCUT2D eigenvalue weighted by Crippen LogP contribution is 2.32. The van der Waals surface area contributed by atoms with Crippen molar-refractivity contribution in [1.29, 1.82) is 0 Å². The first-order valence-electron chi connectivity index (χ1n) is 6.07. The number of hydrogen-bond donors (Lipinski definition) is 1. The van der Waals surface area contributed by atoms with Crippen LogP contribution in [0.3, 0.4) is 0 Å². The van der Waals surface area contributed by atoms with Crippen LogP contribution in [-0.4, -0.2) is 9.55 Å². The molecule has 0 unspecified atom stereocenters. The molecule has 1 heterocycles. The van der Waals surface area contributed by atoms with E-state index >= 15 is 0 Å². The average molecular weight is 240 g/mol. The van der Waals surface area contributed by atoms with Gasteiger partial charge < -0.3 is 9.55 Å². The van der Waals surface area contributed by atoms with Crippen LogP contribution in [0.15, 0.2) is 6.20 Å². The molecule has 2 nitrogen and oxygen atoms in total. The summed E-state index contributed by atoms with van der Waals surface area (Å²) in [6.07, 6.45) is 4.25. The van der Waals surface area contributed by atoms with Gasteiger partial charge in [-0.1, -0.05) is 34.6 Å². The van der Waals surface area contributed by atoms with Crippen molar-refractivity contribution in [3.05, 3.63) is 16.7 Å². The van der Waals surface area contributed by atoms with Gasteiger partial charge in [0, 0.05) is 22.8 Å². The fourth-order valence-electron chi connectivity index (χ4n) is 2.02. The molecule has 0 radical (unpaired) electrons. The predicted molar refractivity (Wildman–Crippen MR) is 72.5 cm³/mol. The van der Waals surface area contributed by atoms with Crippen LogP contribution in [-0.2, 0) is 11.0 Å². The lowest BCUT2D eigenvalue weighted by molar-refractivity contribution is 0.271. The molecule has 0 fully saturated rings. The zero-order valence-electron chi connectivity index (χ0n) is 11.3. The number of nitrogens with one attached hydrogen (secondary N) is 1. The topological polar surface area (TPSA) is 20.7 Å². The summed E-state index contributed by atoms with van der Waals surface area (Å²) in [6, 6.07) is 0. The van der Waals surface area contributed by atoms with Crippen LogP contribution < -0.4 is 0 Å². The Hall–Kier alpha value is -0.570. The van der Waals surface area contributed by atoms with Gasteiger partial charge in [-0.05, 0) is 32.0 Å². The molecular weight excluding hydrogens is 216 g/mol. The van der Waals surface area contributed by atoms with Gasteiger partial charge in [0.1, 0.15) is 0 Å². The van der Waals surface area contributed by atoms with E-state index in [9.17, 15) is 0 Å². The second-order valence-corrected chi connectivity index (χ2v) is 6.16. The first kappa shape index (κ1) is 13.5. The number of nitrogens with zero attached hydrogens (tertiary/aromatic N) is 1. The number of H-pyrrole nitrogens is 1. The third-order valence-corrected chi connectivity index (χ3v) is 3.91. The number of aromatic amines is 1. The minimum absolute atomic E-state index is 0.124. The van der Waals surface area contributed by atoms with Crippen LogP contribution in [0, 0.1) is 4.77 Å². The Bertz CT molecular complexity index is 402. The zero-order chi connectivity index (χ0) is 12.6. The molecule has 0 aromatic carbocycles. The van der Waals surface area contributed by atoms with E-state index in [1.807, 2.05) is 0 Å². The van der Waals surface area contributed by atoms with Gasteiger partial charge in [-0.3, -0.25) is 0 Å². The maximum atomic E-state index is 5.43. The molecule has 0 saturated heterocycles. The highest BCUT2D eigenvalue weighted by atomic mass is 32.1. The summed E-state index contributed by atoms with van der Waals surface area (Å²) < 4.78 is 3.15. The summed E-state index contributed by atoms with van der Waals surface area (Å²) in [4.78, 5) is 3.20. The minimum Gasteiger partial charge on any atom is -0.337 e. The normalized spacial score (nSPS) is 13.1. The molecule has 0 saturated carbocycles. The van der Waals surface area contributed by atoms with E-state index in [4.69, 9.17) is 12.2 Å². The van der Waals surface area contributed by atoms with Crippen molar-refractivity contribution in [3.63, 3.8) is 0 Å². The summed E-state index contributed by atoms with van der Waals surface area (Å²) in [6.45, 7) is 13.4. The zero-order valence-corrected chi connectivity index (χ0v) is 12.2. The molecule has 92 valence electrons. The van der Waals surface area contributed by atoms with Crippen molar-refractivity contribution in [2.24, 2.45) is 0 Å². The molecule has 0 aliphatic carbocycles. The third-order valence-electron chi connectivity index (χ3n) is 3.61. The molecule has 1 N–H and O–H groups in total. The SMILES string of the molecule is CCC(C)(CC)n1c(C(C)(C)C)c[nH]c1=S. The second kappa shape index (κ2) is 4.36. The van der Waals surface area contributed by atoms with Crippen LogP contribution in [0.4, 0.5) is 0 Å². The van der Waals surface area contributed by atoms with Gasteiger partial charge in [-0.2, -0.15) is 0 Å². The van der Waals surface area contributed by atoms with Crippen LogP contribution in [0.1, 0.15) is 60.1 Å². The number of rotatable bonds is 3. The van der Waals surface area contributed by atoms with Gasteiger partial charge in [0.05, 0.1) is 0 Å². The molecule has 1 aromatic rings. The van der Waals surface area contributed by atoms with Crippen molar-refractivity contribution < 1.29 is 0 Å². The number of aromatic nitrogens is 2. The lowest BCUT2D eigenvalue weighted by Gasteiger charge is -2.34. The molecule has 0 atom stereocenters. The summed E-state index contributed by atoms with van der Waals surface area (Å²) >= 11 is 5.43.